The lowest BCUT2D eigenvalue weighted by molar-refractivity contribution is 0.188. The van der Waals surface area contributed by atoms with E-state index >= 15 is 0 Å². The molecule has 1 aliphatic rings. The molecule has 0 amide bonds. The Morgan fingerprint density at radius 1 is 1.35 bits per heavy atom. The first kappa shape index (κ1) is 14.6. The van der Waals surface area contributed by atoms with Crippen LogP contribution in [-0.2, 0) is 7.05 Å². The van der Waals surface area contributed by atoms with Crippen molar-refractivity contribution in [3.63, 3.8) is 0 Å². The highest BCUT2D eigenvalue weighted by Crippen LogP contribution is 2.24. The molecule has 1 aromatic heterocycles. The number of rotatable bonds is 4. The number of nitrogens with zero attached hydrogens (tertiary/aromatic N) is 5. The Balaban J connectivity index is 2.22. The van der Waals surface area contributed by atoms with E-state index in [-0.39, 0.29) is 12.4 Å². The van der Waals surface area contributed by atoms with Crippen molar-refractivity contribution >= 4 is 11.7 Å². The van der Waals surface area contributed by atoms with Crippen LogP contribution < -0.4 is 10.6 Å². The fourth-order valence-corrected chi connectivity index (χ4v) is 2.68. The predicted octanol–water partition coefficient (Wildman–Crippen LogP) is -1.06. The standard InChI is InChI=1S/C12H22N6O2/c1-9-10(11(13)15-20)12(16(2)14-9)18-5-3-17(4-6-18)7-8-19/h19-20H,3-8H2,1-2H3,(H2,13,15). The zero-order valence-corrected chi connectivity index (χ0v) is 12.0. The van der Waals surface area contributed by atoms with Gasteiger partial charge in [-0.1, -0.05) is 5.16 Å². The van der Waals surface area contributed by atoms with Gasteiger partial charge in [-0.15, -0.1) is 0 Å². The number of aromatic nitrogens is 2. The van der Waals surface area contributed by atoms with Gasteiger partial charge in [0, 0.05) is 39.8 Å². The third-order valence-corrected chi connectivity index (χ3v) is 3.64. The third kappa shape index (κ3) is 2.70. The number of nitrogens with two attached hydrogens (primary N) is 1. The van der Waals surface area contributed by atoms with Crippen molar-refractivity contribution in [3.05, 3.63) is 11.3 Å². The van der Waals surface area contributed by atoms with Gasteiger partial charge in [0.2, 0.25) is 0 Å². The highest BCUT2D eigenvalue weighted by atomic mass is 16.4. The van der Waals surface area contributed by atoms with Crippen LogP contribution >= 0.6 is 0 Å². The summed E-state index contributed by atoms with van der Waals surface area (Å²) >= 11 is 0. The summed E-state index contributed by atoms with van der Waals surface area (Å²) in [4.78, 5) is 4.39. The first-order valence-electron chi connectivity index (χ1n) is 6.68. The van der Waals surface area contributed by atoms with Gasteiger partial charge in [-0.05, 0) is 6.92 Å². The van der Waals surface area contributed by atoms with Crippen molar-refractivity contribution in [2.45, 2.75) is 6.92 Å². The molecular formula is C12H22N6O2. The van der Waals surface area contributed by atoms with Crippen molar-refractivity contribution in [3.8, 4) is 0 Å². The topological polar surface area (TPSA) is 103 Å². The summed E-state index contributed by atoms with van der Waals surface area (Å²) in [6.45, 7) is 6.13. The Bertz CT molecular complexity index is 490. The number of hydrogen-bond donors (Lipinski definition) is 3. The summed E-state index contributed by atoms with van der Waals surface area (Å²) in [7, 11) is 1.86. The zero-order valence-electron chi connectivity index (χ0n) is 12.0. The van der Waals surface area contributed by atoms with Gasteiger partial charge in [0.25, 0.3) is 0 Å². The maximum atomic E-state index is 8.97. The van der Waals surface area contributed by atoms with E-state index in [4.69, 9.17) is 16.0 Å². The first-order chi connectivity index (χ1) is 9.58. The number of β-amino-alcohol motifs (C(OH)–C–C–N with tert-alkyl or cyclic N) is 1. The number of aliphatic hydroxyl groups is 1. The summed E-state index contributed by atoms with van der Waals surface area (Å²) < 4.78 is 1.77. The molecule has 1 saturated heterocycles. The van der Waals surface area contributed by atoms with Crippen molar-refractivity contribution in [2.75, 3.05) is 44.2 Å². The smallest absolute Gasteiger partial charge is 0.175 e. The third-order valence-electron chi connectivity index (χ3n) is 3.64. The molecule has 0 spiro atoms. The van der Waals surface area contributed by atoms with Gasteiger partial charge in [0.05, 0.1) is 17.9 Å². The summed E-state index contributed by atoms with van der Waals surface area (Å²) in [6.07, 6.45) is 0. The molecule has 0 aromatic carbocycles. The van der Waals surface area contributed by atoms with Crippen molar-refractivity contribution in [1.82, 2.24) is 14.7 Å². The minimum absolute atomic E-state index is 0.0865. The summed E-state index contributed by atoms with van der Waals surface area (Å²) in [5.41, 5.74) is 7.20. The van der Waals surface area contributed by atoms with Gasteiger partial charge in [0.15, 0.2) is 5.84 Å². The van der Waals surface area contributed by atoms with Crippen LogP contribution in [0.15, 0.2) is 5.16 Å². The van der Waals surface area contributed by atoms with E-state index in [1.54, 1.807) is 4.68 Å². The minimum atomic E-state index is 0.0865. The summed E-state index contributed by atoms with van der Waals surface area (Å²) in [5.74, 6) is 0.963. The monoisotopic (exact) mass is 282 g/mol. The van der Waals surface area contributed by atoms with Gasteiger partial charge in [0.1, 0.15) is 5.82 Å². The van der Waals surface area contributed by atoms with Crippen LogP contribution in [0.4, 0.5) is 5.82 Å². The van der Waals surface area contributed by atoms with Gasteiger partial charge < -0.3 is 20.9 Å². The van der Waals surface area contributed by atoms with Gasteiger partial charge in [-0.2, -0.15) is 5.10 Å². The predicted molar refractivity (Wildman–Crippen MR) is 76.2 cm³/mol. The highest BCUT2D eigenvalue weighted by molar-refractivity contribution is 6.02. The van der Waals surface area contributed by atoms with Crippen LogP contribution in [0.25, 0.3) is 0 Å². The van der Waals surface area contributed by atoms with Crippen LogP contribution in [0.2, 0.25) is 0 Å². The normalized spacial score (nSPS) is 17.8. The Morgan fingerprint density at radius 2 is 2.00 bits per heavy atom. The molecule has 0 bridgehead atoms. The van der Waals surface area contributed by atoms with E-state index < -0.39 is 0 Å². The van der Waals surface area contributed by atoms with Gasteiger partial charge >= 0.3 is 0 Å². The molecule has 1 fully saturated rings. The second kappa shape index (κ2) is 6.10. The Kier molecular flexibility index (Phi) is 4.46. The van der Waals surface area contributed by atoms with E-state index in [0.717, 1.165) is 37.7 Å². The van der Waals surface area contributed by atoms with Crippen LogP contribution in [0.1, 0.15) is 11.3 Å². The number of hydrogen-bond acceptors (Lipinski definition) is 6. The van der Waals surface area contributed by atoms with Gasteiger partial charge in [-0.3, -0.25) is 9.58 Å². The van der Waals surface area contributed by atoms with Crippen LogP contribution in [0, 0.1) is 6.92 Å². The molecule has 1 aliphatic heterocycles. The Labute approximate surface area is 118 Å². The molecule has 0 unspecified atom stereocenters. The summed E-state index contributed by atoms with van der Waals surface area (Å²) in [5, 5.41) is 25.4. The number of amidine groups is 1. The van der Waals surface area contributed by atoms with E-state index in [0.29, 0.717) is 12.1 Å². The average Bonchev–Trinajstić information content (AvgIpc) is 2.74. The molecule has 2 heterocycles. The fraction of sp³-hybridized carbons (Fsp3) is 0.667. The molecule has 20 heavy (non-hydrogen) atoms. The number of anilines is 1. The fourth-order valence-electron chi connectivity index (χ4n) is 2.68. The molecule has 2 rings (SSSR count). The summed E-state index contributed by atoms with van der Waals surface area (Å²) in [6, 6.07) is 0. The maximum Gasteiger partial charge on any atom is 0.175 e. The first-order valence-corrected chi connectivity index (χ1v) is 6.68. The Hall–Kier alpha value is -1.80. The number of oxime groups is 1. The number of piperazine rings is 1. The lowest BCUT2D eigenvalue weighted by Crippen LogP contribution is -2.48. The van der Waals surface area contributed by atoms with E-state index in [9.17, 15) is 0 Å². The molecule has 0 radical (unpaired) electrons. The van der Waals surface area contributed by atoms with Crippen molar-refractivity contribution in [1.29, 1.82) is 0 Å². The lowest BCUT2D eigenvalue weighted by atomic mass is 10.2. The molecule has 112 valence electrons. The number of aliphatic hydroxyl groups excluding tert-OH is 1. The molecule has 8 nitrogen and oxygen atoms in total. The average molecular weight is 282 g/mol. The quantitative estimate of drug-likeness (QED) is 0.281. The second-order valence-corrected chi connectivity index (χ2v) is 4.95. The zero-order chi connectivity index (χ0) is 14.7. The largest absolute Gasteiger partial charge is 0.409 e. The van der Waals surface area contributed by atoms with Crippen LogP contribution in [0.3, 0.4) is 0 Å². The molecule has 8 heteroatoms. The van der Waals surface area contributed by atoms with Crippen molar-refractivity contribution in [2.24, 2.45) is 17.9 Å². The second-order valence-electron chi connectivity index (χ2n) is 4.95. The molecule has 1 aromatic rings. The minimum Gasteiger partial charge on any atom is -0.409 e. The van der Waals surface area contributed by atoms with Crippen LogP contribution in [0.5, 0.6) is 0 Å². The van der Waals surface area contributed by atoms with E-state index in [2.05, 4.69) is 20.1 Å². The maximum absolute atomic E-state index is 8.97. The highest BCUT2D eigenvalue weighted by Gasteiger charge is 2.25. The lowest BCUT2D eigenvalue weighted by Gasteiger charge is -2.35. The molecule has 0 aliphatic carbocycles. The Morgan fingerprint density at radius 3 is 2.55 bits per heavy atom. The number of aryl methyl sites for hydroxylation is 2. The van der Waals surface area contributed by atoms with Crippen molar-refractivity contribution < 1.29 is 10.3 Å². The molecule has 4 N–H and O–H groups in total. The van der Waals surface area contributed by atoms with E-state index in [1.807, 2.05) is 14.0 Å². The SMILES string of the molecule is Cc1nn(C)c(N2CCN(CCO)CC2)c1C(N)=NO. The van der Waals surface area contributed by atoms with Crippen LogP contribution in [-0.4, -0.2) is 70.2 Å². The van der Waals surface area contributed by atoms with Gasteiger partial charge in [-0.25, -0.2) is 0 Å². The van der Waals surface area contributed by atoms with E-state index in [1.165, 1.54) is 0 Å². The molecule has 0 atom stereocenters. The molecule has 0 saturated carbocycles. The molecular weight excluding hydrogens is 260 g/mol.